The fraction of sp³-hybridized carbons (Fsp3) is 0.600. The number of imidazole rings is 1. The molecule has 3 heterocycles. The van der Waals surface area contributed by atoms with Crippen molar-refractivity contribution in [2.75, 3.05) is 13.1 Å². The molecular formula is C15H22N4. The third-order valence-electron chi connectivity index (χ3n) is 3.90. The molecule has 1 aliphatic rings. The molecule has 0 radical (unpaired) electrons. The Bertz CT molecular complexity index is 565. The van der Waals surface area contributed by atoms with E-state index in [1.165, 1.54) is 44.5 Å². The monoisotopic (exact) mass is 258 g/mol. The van der Waals surface area contributed by atoms with Gasteiger partial charge < -0.3 is 0 Å². The lowest BCUT2D eigenvalue weighted by molar-refractivity contribution is 0.274. The van der Waals surface area contributed by atoms with Crippen molar-refractivity contribution in [3.63, 3.8) is 0 Å². The number of likely N-dealkylation sites (tertiary alicyclic amines) is 1. The molecule has 1 aliphatic heterocycles. The Hall–Kier alpha value is -1.42. The average Bonchev–Trinajstić information content (AvgIpc) is 2.58. The van der Waals surface area contributed by atoms with Gasteiger partial charge in [-0.2, -0.15) is 0 Å². The van der Waals surface area contributed by atoms with Crippen LogP contribution in [0.25, 0.3) is 5.78 Å². The highest BCUT2D eigenvalue weighted by Gasteiger charge is 2.12. The fourth-order valence-electron chi connectivity index (χ4n) is 2.92. The van der Waals surface area contributed by atoms with Gasteiger partial charge in [-0.05, 0) is 45.8 Å². The SMILES string of the molecule is Cc1cc(C)n2cc(CN3CCCCCC3)nc2n1. The number of aromatic nitrogens is 3. The second kappa shape index (κ2) is 5.29. The van der Waals surface area contributed by atoms with Crippen molar-refractivity contribution in [1.82, 2.24) is 19.3 Å². The maximum absolute atomic E-state index is 4.67. The predicted octanol–water partition coefficient (Wildman–Crippen LogP) is 2.72. The van der Waals surface area contributed by atoms with E-state index in [9.17, 15) is 0 Å². The van der Waals surface area contributed by atoms with E-state index >= 15 is 0 Å². The van der Waals surface area contributed by atoms with Gasteiger partial charge in [-0.15, -0.1) is 0 Å². The summed E-state index contributed by atoms with van der Waals surface area (Å²) >= 11 is 0. The van der Waals surface area contributed by atoms with E-state index in [0.717, 1.165) is 23.7 Å². The van der Waals surface area contributed by atoms with Crippen molar-refractivity contribution >= 4 is 5.78 Å². The summed E-state index contributed by atoms with van der Waals surface area (Å²) in [6.45, 7) is 7.51. The first-order valence-corrected chi connectivity index (χ1v) is 7.27. The molecule has 0 spiro atoms. The van der Waals surface area contributed by atoms with Gasteiger partial charge >= 0.3 is 0 Å². The lowest BCUT2D eigenvalue weighted by atomic mass is 10.2. The van der Waals surface area contributed by atoms with Crippen LogP contribution in [0, 0.1) is 13.8 Å². The topological polar surface area (TPSA) is 33.4 Å². The summed E-state index contributed by atoms with van der Waals surface area (Å²) in [4.78, 5) is 11.7. The van der Waals surface area contributed by atoms with Crippen molar-refractivity contribution in [3.05, 3.63) is 29.3 Å². The van der Waals surface area contributed by atoms with Crippen LogP contribution in [0.15, 0.2) is 12.3 Å². The molecule has 0 aliphatic carbocycles. The Morgan fingerprint density at radius 1 is 1.05 bits per heavy atom. The van der Waals surface area contributed by atoms with E-state index in [-0.39, 0.29) is 0 Å². The van der Waals surface area contributed by atoms with Crippen LogP contribution in [-0.2, 0) is 6.54 Å². The van der Waals surface area contributed by atoms with Gasteiger partial charge in [-0.3, -0.25) is 9.30 Å². The van der Waals surface area contributed by atoms with Crippen molar-refractivity contribution in [2.24, 2.45) is 0 Å². The molecule has 0 aromatic carbocycles. The van der Waals surface area contributed by atoms with Gasteiger partial charge in [0.2, 0.25) is 5.78 Å². The van der Waals surface area contributed by atoms with Gasteiger partial charge in [0.1, 0.15) is 0 Å². The molecule has 4 heteroatoms. The third kappa shape index (κ3) is 2.78. The minimum Gasteiger partial charge on any atom is -0.297 e. The number of nitrogens with zero attached hydrogens (tertiary/aromatic N) is 4. The molecule has 2 aromatic rings. The van der Waals surface area contributed by atoms with Crippen molar-refractivity contribution in [1.29, 1.82) is 0 Å². The van der Waals surface area contributed by atoms with Crippen LogP contribution in [0.3, 0.4) is 0 Å². The van der Waals surface area contributed by atoms with Crippen LogP contribution in [0.2, 0.25) is 0 Å². The molecule has 0 unspecified atom stereocenters. The van der Waals surface area contributed by atoms with Crippen molar-refractivity contribution in [3.8, 4) is 0 Å². The van der Waals surface area contributed by atoms with E-state index in [1.807, 2.05) is 6.92 Å². The number of hydrogen-bond acceptors (Lipinski definition) is 3. The van der Waals surface area contributed by atoms with Gasteiger partial charge in [0.15, 0.2) is 0 Å². The molecular weight excluding hydrogens is 236 g/mol. The number of hydrogen-bond donors (Lipinski definition) is 0. The van der Waals surface area contributed by atoms with Crippen molar-refractivity contribution in [2.45, 2.75) is 46.1 Å². The average molecular weight is 258 g/mol. The molecule has 1 saturated heterocycles. The van der Waals surface area contributed by atoms with E-state index in [2.05, 4.69) is 38.5 Å². The first-order valence-electron chi connectivity index (χ1n) is 7.27. The fourth-order valence-corrected chi connectivity index (χ4v) is 2.92. The van der Waals surface area contributed by atoms with Gasteiger partial charge in [0.05, 0.1) is 5.69 Å². The zero-order chi connectivity index (χ0) is 13.2. The molecule has 1 fully saturated rings. The lowest BCUT2D eigenvalue weighted by Crippen LogP contribution is -2.24. The Morgan fingerprint density at radius 3 is 2.53 bits per heavy atom. The minimum atomic E-state index is 0.835. The molecule has 0 bridgehead atoms. The maximum Gasteiger partial charge on any atom is 0.234 e. The zero-order valence-electron chi connectivity index (χ0n) is 11.9. The van der Waals surface area contributed by atoms with E-state index < -0.39 is 0 Å². The van der Waals surface area contributed by atoms with E-state index in [0.29, 0.717) is 0 Å². The Labute approximate surface area is 114 Å². The van der Waals surface area contributed by atoms with Crippen LogP contribution < -0.4 is 0 Å². The Morgan fingerprint density at radius 2 is 1.79 bits per heavy atom. The highest BCUT2D eigenvalue weighted by molar-refractivity contribution is 5.34. The molecule has 2 aromatic heterocycles. The summed E-state index contributed by atoms with van der Waals surface area (Å²) in [6, 6.07) is 2.10. The van der Waals surface area contributed by atoms with Crippen LogP contribution >= 0.6 is 0 Å². The normalized spacial score (nSPS) is 17.8. The summed E-state index contributed by atoms with van der Waals surface area (Å²) in [7, 11) is 0. The summed E-state index contributed by atoms with van der Waals surface area (Å²) in [5, 5.41) is 0. The second-order valence-corrected chi connectivity index (χ2v) is 5.63. The predicted molar refractivity (Wildman–Crippen MR) is 76.2 cm³/mol. The minimum absolute atomic E-state index is 0.835. The molecule has 0 amide bonds. The summed E-state index contributed by atoms with van der Waals surface area (Å²) in [6.07, 6.45) is 7.54. The Balaban J connectivity index is 1.83. The van der Waals surface area contributed by atoms with Crippen LogP contribution in [0.5, 0.6) is 0 Å². The molecule has 0 atom stereocenters. The van der Waals surface area contributed by atoms with Gasteiger partial charge in [-0.25, -0.2) is 9.97 Å². The molecule has 0 saturated carbocycles. The first kappa shape index (κ1) is 12.6. The van der Waals surface area contributed by atoms with E-state index in [1.54, 1.807) is 0 Å². The van der Waals surface area contributed by atoms with Gasteiger partial charge in [0, 0.05) is 24.1 Å². The second-order valence-electron chi connectivity index (χ2n) is 5.63. The van der Waals surface area contributed by atoms with Crippen LogP contribution in [0.1, 0.15) is 42.8 Å². The summed E-state index contributed by atoms with van der Waals surface area (Å²) in [5.41, 5.74) is 3.39. The highest BCUT2D eigenvalue weighted by Crippen LogP contribution is 2.14. The maximum atomic E-state index is 4.67. The third-order valence-corrected chi connectivity index (χ3v) is 3.90. The smallest absolute Gasteiger partial charge is 0.234 e. The quantitative estimate of drug-likeness (QED) is 0.830. The van der Waals surface area contributed by atoms with Crippen LogP contribution in [-0.4, -0.2) is 32.4 Å². The molecule has 102 valence electrons. The number of fused-ring (bicyclic) bond motifs is 1. The van der Waals surface area contributed by atoms with Crippen molar-refractivity contribution < 1.29 is 0 Å². The molecule has 4 nitrogen and oxygen atoms in total. The van der Waals surface area contributed by atoms with Gasteiger partial charge in [-0.1, -0.05) is 12.8 Å². The molecule has 0 N–H and O–H groups in total. The molecule has 3 rings (SSSR count). The summed E-state index contributed by atoms with van der Waals surface area (Å²) < 4.78 is 2.10. The highest BCUT2D eigenvalue weighted by atomic mass is 15.2. The van der Waals surface area contributed by atoms with Gasteiger partial charge in [0.25, 0.3) is 0 Å². The standard InChI is InChI=1S/C15H22N4/c1-12-9-13(2)19-11-14(17-15(19)16-12)10-18-7-5-3-4-6-8-18/h9,11H,3-8,10H2,1-2H3. The first-order chi connectivity index (χ1) is 9.22. The number of aryl methyl sites for hydroxylation is 2. The van der Waals surface area contributed by atoms with E-state index in [4.69, 9.17) is 0 Å². The largest absolute Gasteiger partial charge is 0.297 e. The lowest BCUT2D eigenvalue weighted by Gasteiger charge is -2.17. The number of rotatable bonds is 2. The van der Waals surface area contributed by atoms with Crippen LogP contribution in [0.4, 0.5) is 0 Å². The summed E-state index contributed by atoms with van der Waals surface area (Å²) in [5.74, 6) is 0.835. The molecule has 19 heavy (non-hydrogen) atoms. The Kier molecular flexibility index (Phi) is 3.51. The zero-order valence-corrected chi connectivity index (χ0v) is 11.9.